The molecule has 0 radical (unpaired) electrons. The first-order valence-electron chi connectivity index (χ1n) is 5.59. The van der Waals surface area contributed by atoms with Crippen LogP contribution >= 0.6 is 11.6 Å². The molecule has 0 saturated carbocycles. The molecule has 1 nitrogen and oxygen atoms in total. The Morgan fingerprint density at radius 1 is 1.33 bits per heavy atom. The highest BCUT2D eigenvalue weighted by molar-refractivity contribution is 6.31. The standard InChI is InChI=1S/C12H14ClF4N/c1-2-6-18-11(12(15,16)17)7-8-9(13)4-3-5-10(8)14/h3-5,11,18H,2,6-7H2,1H3. The number of hydrogen-bond donors (Lipinski definition) is 1. The van der Waals surface area contributed by atoms with E-state index in [1.54, 1.807) is 6.92 Å². The first kappa shape index (κ1) is 15.2. The normalized spacial score (nSPS) is 13.7. The molecule has 0 spiro atoms. The molecule has 1 rings (SSSR count). The molecule has 1 atom stereocenters. The fourth-order valence-electron chi connectivity index (χ4n) is 1.55. The van der Waals surface area contributed by atoms with Crippen LogP contribution in [0.1, 0.15) is 18.9 Å². The zero-order valence-corrected chi connectivity index (χ0v) is 10.6. The summed E-state index contributed by atoms with van der Waals surface area (Å²) in [6.45, 7) is 1.98. The highest BCUT2D eigenvalue weighted by Crippen LogP contribution is 2.27. The fraction of sp³-hybridized carbons (Fsp3) is 0.500. The van der Waals surface area contributed by atoms with Crippen LogP contribution in [0.25, 0.3) is 0 Å². The molecule has 0 fully saturated rings. The van der Waals surface area contributed by atoms with Crippen LogP contribution < -0.4 is 5.32 Å². The van der Waals surface area contributed by atoms with Crippen molar-refractivity contribution in [1.29, 1.82) is 0 Å². The molecule has 18 heavy (non-hydrogen) atoms. The molecule has 1 N–H and O–H groups in total. The van der Waals surface area contributed by atoms with Gasteiger partial charge in [0, 0.05) is 17.0 Å². The van der Waals surface area contributed by atoms with Crippen molar-refractivity contribution in [2.24, 2.45) is 0 Å². The van der Waals surface area contributed by atoms with Crippen molar-refractivity contribution in [3.63, 3.8) is 0 Å². The smallest absolute Gasteiger partial charge is 0.306 e. The van der Waals surface area contributed by atoms with Crippen LogP contribution in [0.4, 0.5) is 17.6 Å². The minimum absolute atomic E-state index is 0.0162. The molecule has 0 amide bonds. The Hall–Kier alpha value is -0.810. The third-order valence-electron chi connectivity index (χ3n) is 2.51. The second-order valence-corrected chi connectivity index (χ2v) is 4.36. The lowest BCUT2D eigenvalue weighted by molar-refractivity contribution is -0.155. The van der Waals surface area contributed by atoms with Gasteiger partial charge >= 0.3 is 6.18 Å². The summed E-state index contributed by atoms with van der Waals surface area (Å²) in [5.74, 6) is -0.713. The van der Waals surface area contributed by atoms with Gasteiger partial charge in [0.2, 0.25) is 0 Å². The van der Waals surface area contributed by atoms with E-state index in [1.807, 2.05) is 0 Å². The predicted molar refractivity (Wildman–Crippen MR) is 63.3 cm³/mol. The summed E-state index contributed by atoms with van der Waals surface area (Å²) in [6, 6.07) is 2.07. The van der Waals surface area contributed by atoms with Crippen LogP contribution in [0.3, 0.4) is 0 Å². The van der Waals surface area contributed by atoms with Gasteiger partial charge in [-0.3, -0.25) is 0 Å². The molecule has 0 bridgehead atoms. The van der Waals surface area contributed by atoms with Crippen LogP contribution in [-0.2, 0) is 6.42 Å². The van der Waals surface area contributed by atoms with Gasteiger partial charge in [0.1, 0.15) is 11.9 Å². The summed E-state index contributed by atoms with van der Waals surface area (Å²) >= 11 is 5.72. The number of nitrogens with one attached hydrogen (secondary N) is 1. The Kier molecular flexibility index (Phi) is 5.41. The number of rotatable bonds is 5. The lowest BCUT2D eigenvalue weighted by atomic mass is 10.0. The zero-order valence-electron chi connectivity index (χ0n) is 9.82. The average molecular weight is 284 g/mol. The van der Waals surface area contributed by atoms with Crippen LogP contribution in [0, 0.1) is 5.82 Å². The number of alkyl halides is 3. The van der Waals surface area contributed by atoms with Crippen LogP contribution in [-0.4, -0.2) is 18.8 Å². The molecule has 1 aromatic carbocycles. The van der Waals surface area contributed by atoms with Crippen LogP contribution in [0.2, 0.25) is 5.02 Å². The van der Waals surface area contributed by atoms with Crippen LogP contribution in [0.5, 0.6) is 0 Å². The van der Waals surface area contributed by atoms with Gasteiger partial charge < -0.3 is 5.32 Å². The van der Waals surface area contributed by atoms with Gasteiger partial charge in [0.05, 0.1) is 0 Å². The molecule has 102 valence electrons. The SMILES string of the molecule is CCCNC(Cc1c(F)cccc1Cl)C(F)(F)F. The summed E-state index contributed by atoms with van der Waals surface area (Å²) in [7, 11) is 0. The Morgan fingerprint density at radius 2 is 2.00 bits per heavy atom. The van der Waals surface area contributed by atoms with E-state index in [0.29, 0.717) is 6.42 Å². The van der Waals surface area contributed by atoms with Crippen molar-refractivity contribution in [2.75, 3.05) is 6.54 Å². The summed E-state index contributed by atoms with van der Waals surface area (Å²) in [6.07, 6.45) is -4.37. The Balaban J connectivity index is 2.89. The minimum atomic E-state index is -4.43. The van der Waals surface area contributed by atoms with Crippen molar-refractivity contribution in [2.45, 2.75) is 32.0 Å². The molecule has 1 aromatic rings. The maximum atomic E-state index is 13.4. The topological polar surface area (TPSA) is 12.0 Å². The lowest BCUT2D eigenvalue weighted by Gasteiger charge is -2.22. The van der Waals surface area contributed by atoms with E-state index in [1.165, 1.54) is 12.1 Å². The second kappa shape index (κ2) is 6.38. The van der Waals surface area contributed by atoms with Crippen LogP contribution in [0.15, 0.2) is 18.2 Å². The number of hydrogen-bond acceptors (Lipinski definition) is 1. The van der Waals surface area contributed by atoms with Crippen molar-refractivity contribution >= 4 is 11.6 Å². The third-order valence-corrected chi connectivity index (χ3v) is 2.86. The summed E-state index contributed by atoms with van der Waals surface area (Å²) in [5.41, 5.74) is -0.106. The van der Waals surface area contributed by atoms with E-state index < -0.39 is 24.5 Å². The van der Waals surface area contributed by atoms with Gasteiger partial charge in [0.15, 0.2) is 0 Å². The van der Waals surface area contributed by atoms with Gasteiger partial charge in [-0.2, -0.15) is 13.2 Å². The largest absolute Gasteiger partial charge is 0.404 e. The van der Waals surface area contributed by atoms with E-state index in [-0.39, 0.29) is 17.1 Å². The first-order valence-corrected chi connectivity index (χ1v) is 5.97. The molecule has 0 saturated heterocycles. The molecular weight excluding hydrogens is 270 g/mol. The molecule has 0 heterocycles. The second-order valence-electron chi connectivity index (χ2n) is 3.95. The maximum absolute atomic E-state index is 13.4. The van der Waals surface area contributed by atoms with Gasteiger partial charge in [0.25, 0.3) is 0 Å². The number of benzene rings is 1. The average Bonchev–Trinajstić information content (AvgIpc) is 2.26. The monoisotopic (exact) mass is 283 g/mol. The Morgan fingerprint density at radius 3 is 2.50 bits per heavy atom. The van der Waals surface area contributed by atoms with E-state index in [9.17, 15) is 17.6 Å². The van der Waals surface area contributed by atoms with Crippen molar-refractivity contribution < 1.29 is 17.6 Å². The van der Waals surface area contributed by atoms with Gasteiger partial charge in [-0.1, -0.05) is 24.6 Å². The highest BCUT2D eigenvalue weighted by Gasteiger charge is 2.39. The predicted octanol–water partition coefficient (Wildman–Crippen LogP) is 3.95. The first-order chi connectivity index (χ1) is 8.36. The van der Waals surface area contributed by atoms with Gasteiger partial charge in [-0.15, -0.1) is 0 Å². The molecule has 1 unspecified atom stereocenters. The molecular formula is C12H14ClF4N. The number of halogens is 5. The summed E-state index contributed by atoms with van der Waals surface area (Å²) in [4.78, 5) is 0. The van der Waals surface area contributed by atoms with E-state index in [0.717, 1.165) is 6.07 Å². The Labute approximate surface area is 108 Å². The molecule has 6 heteroatoms. The highest BCUT2D eigenvalue weighted by atomic mass is 35.5. The molecule has 0 aliphatic carbocycles. The van der Waals surface area contributed by atoms with Crippen molar-refractivity contribution in [3.8, 4) is 0 Å². The summed E-state index contributed by atoms with van der Waals surface area (Å²) in [5, 5.41) is 2.38. The fourth-order valence-corrected chi connectivity index (χ4v) is 1.79. The molecule has 0 aliphatic rings. The Bertz CT molecular complexity index is 372. The van der Waals surface area contributed by atoms with Gasteiger partial charge in [-0.25, -0.2) is 4.39 Å². The van der Waals surface area contributed by atoms with E-state index in [2.05, 4.69) is 5.32 Å². The van der Waals surface area contributed by atoms with E-state index in [4.69, 9.17) is 11.6 Å². The quantitative estimate of drug-likeness (QED) is 0.807. The van der Waals surface area contributed by atoms with Gasteiger partial charge in [-0.05, 0) is 25.1 Å². The third kappa shape index (κ3) is 4.14. The van der Waals surface area contributed by atoms with E-state index >= 15 is 0 Å². The molecule has 0 aliphatic heterocycles. The van der Waals surface area contributed by atoms with Crippen molar-refractivity contribution in [3.05, 3.63) is 34.6 Å². The minimum Gasteiger partial charge on any atom is -0.306 e. The maximum Gasteiger partial charge on any atom is 0.404 e. The molecule has 0 aromatic heterocycles. The van der Waals surface area contributed by atoms with Crippen molar-refractivity contribution in [1.82, 2.24) is 5.32 Å². The lowest BCUT2D eigenvalue weighted by Crippen LogP contribution is -2.44. The summed E-state index contributed by atoms with van der Waals surface area (Å²) < 4.78 is 51.7. The zero-order chi connectivity index (χ0) is 13.8.